The zero-order chi connectivity index (χ0) is 23.2. The second kappa shape index (κ2) is 7.65. The van der Waals surface area contributed by atoms with E-state index in [1.807, 2.05) is 0 Å². The van der Waals surface area contributed by atoms with Crippen LogP contribution in [0.2, 0.25) is 0 Å². The number of aromatic hydroxyl groups is 7. The first kappa shape index (κ1) is 20.8. The molecule has 0 spiro atoms. The third-order valence-corrected chi connectivity index (χ3v) is 5.09. The molecule has 10 heteroatoms. The molecule has 0 aromatic heterocycles. The fourth-order valence-electron chi connectivity index (χ4n) is 3.49. The number of phenolic OH excluding ortho intramolecular Hbond substituents is 7. The van der Waals surface area contributed by atoms with Gasteiger partial charge >= 0.3 is 5.97 Å². The summed E-state index contributed by atoms with van der Waals surface area (Å²) in [5, 5.41) is 68.4. The monoisotopic (exact) mass is 442 g/mol. The first-order chi connectivity index (χ1) is 15.2. The lowest BCUT2D eigenvalue weighted by molar-refractivity contribution is -0.0188. The van der Waals surface area contributed by atoms with E-state index in [0.29, 0.717) is 5.56 Å². The number of ether oxygens (including phenoxy) is 2. The van der Waals surface area contributed by atoms with Gasteiger partial charge in [0.25, 0.3) is 0 Å². The second-order valence-corrected chi connectivity index (χ2v) is 7.21. The van der Waals surface area contributed by atoms with Crippen molar-refractivity contribution < 1.29 is 50.0 Å². The molecular formula is C22H18O10. The molecule has 10 nitrogen and oxygen atoms in total. The van der Waals surface area contributed by atoms with E-state index in [1.165, 1.54) is 6.07 Å². The van der Waals surface area contributed by atoms with Gasteiger partial charge in [0.05, 0.1) is 5.56 Å². The van der Waals surface area contributed by atoms with Crippen molar-refractivity contribution in [3.05, 3.63) is 59.2 Å². The molecule has 0 unspecified atom stereocenters. The van der Waals surface area contributed by atoms with Gasteiger partial charge in [0.2, 0.25) is 0 Å². The zero-order valence-corrected chi connectivity index (χ0v) is 16.3. The molecule has 1 heterocycles. The van der Waals surface area contributed by atoms with Gasteiger partial charge in [-0.3, -0.25) is 0 Å². The predicted octanol–water partition coefficient (Wildman–Crippen LogP) is 2.53. The molecule has 0 amide bonds. The van der Waals surface area contributed by atoms with Crippen molar-refractivity contribution in [2.75, 3.05) is 0 Å². The van der Waals surface area contributed by atoms with Crippen LogP contribution in [0.5, 0.6) is 46.0 Å². The van der Waals surface area contributed by atoms with E-state index < -0.39 is 52.7 Å². The third kappa shape index (κ3) is 3.58. The number of carbonyl (C=O) groups is 1. The van der Waals surface area contributed by atoms with Crippen molar-refractivity contribution >= 4 is 5.97 Å². The van der Waals surface area contributed by atoms with Crippen LogP contribution in [-0.4, -0.2) is 47.8 Å². The molecule has 32 heavy (non-hydrogen) atoms. The molecule has 0 radical (unpaired) electrons. The topological polar surface area (TPSA) is 177 Å². The maximum atomic E-state index is 12.7. The van der Waals surface area contributed by atoms with Gasteiger partial charge in [0.1, 0.15) is 17.6 Å². The minimum Gasteiger partial charge on any atom is -0.508 e. The van der Waals surface area contributed by atoms with Gasteiger partial charge in [-0.25, -0.2) is 4.79 Å². The van der Waals surface area contributed by atoms with Crippen LogP contribution in [0, 0.1) is 0 Å². The SMILES string of the molecule is O=C(O[C@@H]1Cc2c(O)cccc2O[C@@H]1c1cc(O)c(O)c(O)c1)c1cc(O)c(O)c(O)c1. The summed E-state index contributed by atoms with van der Waals surface area (Å²) < 4.78 is 11.4. The number of esters is 1. The Morgan fingerprint density at radius 1 is 0.812 bits per heavy atom. The molecular weight excluding hydrogens is 424 g/mol. The molecule has 0 aliphatic carbocycles. The molecule has 7 N–H and O–H groups in total. The van der Waals surface area contributed by atoms with Crippen molar-refractivity contribution in [1.29, 1.82) is 0 Å². The highest BCUT2D eigenvalue weighted by Crippen LogP contribution is 2.44. The first-order valence-electron chi connectivity index (χ1n) is 9.34. The van der Waals surface area contributed by atoms with Crippen LogP contribution in [0.15, 0.2) is 42.5 Å². The molecule has 0 saturated heterocycles. The average molecular weight is 442 g/mol. The first-order valence-corrected chi connectivity index (χ1v) is 9.34. The van der Waals surface area contributed by atoms with Gasteiger partial charge in [-0.2, -0.15) is 0 Å². The summed E-state index contributed by atoms with van der Waals surface area (Å²) in [4.78, 5) is 12.7. The molecule has 0 saturated carbocycles. The van der Waals surface area contributed by atoms with E-state index >= 15 is 0 Å². The predicted molar refractivity (Wildman–Crippen MR) is 107 cm³/mol. The number of phenols is 7. The molecule has 1 aliphatic rings. The van der Waals surface area contributed by atoms with Crippen molar-refractivity contribution in [2.45, 2.75) is 18.6 Å². The fraction of sp³-hybridized carbons (Fsp3) is 0.136. The second-order valence-electron chi connectivity index (χ2n) is 7.21. The Hall–Kier alpha value is -4.47. The van der Waals surface area contributed by atoms with Crippen LogP contribution in [0.1, 0.15) is 27.6 Å². The summed E-state index contributed by atoms with van der Waals surface area (Å²) >= 11 is 0. The van der Waals surface area contributed by atoms with Crippen LogP contribution >= 0.6 is 0 Å². The smallest absolute Gasteiger partial charge is 0.338 e. The Balaban J connectivity index is 1.73. The number of rotatable bonds is 3. The lowest BCUT2D eigenvalue weighted by Crippen LogP contribution is -2.34. The minimum absolute atomic E-state index is 0.0170. The number of carbonyl (C=O) groups excluding carboxylic acids is 1. The lowest BCUT2D eigenvalue weighted by atomic mass is 9.93. The number of hydrogen-bond acceptors (Lipinski definition) is 10. The van der Waals surface area contributed by atoms with Crippen LogP contribution in [0.25, 0.3) is 0 Å². The van der Waals surface area contributed by atoms with Crippen molar-refractivity contribution in [3.63, 3.8) is 0 Å². The molecule has 0 fully saturated rings. The normalized spacial score (nSPS) is 17.2. The van der Waals surface area contributed by atoms with Crippen molar-refractivity contribution in [3.8, 4) is 46.0 Å². The summed E-state index contributed by atoms with van der Waals surface area (Å²) in [6.45, 7) is 0. The lowest BCUT2D eigenvalue weighted by Gasteiger charge is -2.34. The maximum Gasteiger partial charge on any atom is 0.338 e. The van der Waals surface area contributed by atoms with Crippen LogP contribution in [0.3, 0.4) is 0 Å². The van der Waals surface area contributed by atoms with E-state index in [2.05, 4.69) is 0 Å². The van der Waals surface area contributed by atoms with Crippen molar-refractivity contribution in [2.24, 2.45) is 0 Å². The summed E-state index contributed by atoms with van der Waals surface area (Å²) in [6.07, 6.45) is -2.17. The van der Waals surface area contributed by atoms with Gasteiger partial charge < -0.3 is 45.2 Å². The van der Waals surface area contributed by atoms with Gasteiger partial charge in [0.15, 0.2) is 40.6 Å². The molecule has 3 aromatic carbocycles. The molecule has 3 aromatic rings. The van der Waals surface area contributed by atoms with Crippen molar-refractivity contribution in [1.82, 2.24) is 0 Å². The summed E-state index contributed by atoms with van der Waals surface area (Å²) in [6, 6.07) is 8.62. The van der Waals surface area contributed by atoms with Gasteiger partial charge in [0, 0.05) is 17.5 Å². The Kier molecular flexibility index (Phi) is 4.97. The highest BCUT2D eigenvalue weighted by Gasteiger charge is 2.37. The number of fused-ring (bicyclic) bond motifs is 1. The highest BCUT2D eigenvalue weighted by molar-refractivity contribution is 5.91. The minimum atomic E-state index is -1.09. The Morgan fingerprint density at radius 3 is 1.97 bits per heavy atom. The summed E-state index contributed by atoms with van der Waals surface area (Å²) in [5.41, 5.74) is 0.252. The van der Waals surface area contributed by atoms with Crippen LogP contribution < -0.4 is 4.74 Å². The zero-order valence-electron chi connectivity index (χ0n) is 16.3. The Bertz CT molecular complexity index is 1170. The highest BCUT2D eigenvalue weighted by atomic mass is 16.6. The maximum absolute atomic E-state index is 12.7. The van der Waals surface area contributed by atoms with Gasteiger partial charge in [-0.1, -0.05) is 6.07 Å². The third-order valence-electron chi connectivity index (χ3n) is 5.09. The van der Waals surface area contributed by atoms with Gasteiger partial charge in [-0.15, -0.1) is 0 Å². The molecule has 4 rings (SSSR count). The standard InChI is InChI=1S/C22H18O10/c23-12-2-1-3-17-11(12)8-18(21(31-17)9-4-13(24)19(28)14(25)5-9)32-22(30)10-6-15(26)20(29)16(27)7-10/h1-7,18,21,23-29H,8H2/t18-,21-/m1/s1. The quantitative estimate of drug-likeness (QED) is 0.235. The Labute approximate surface area is 180 Å². The molecule has 0 bridgehead atoms. The molecule has 1 aliphatic heterocycles. The number of hydrogen-bond donors (Lipinski definition) is 7. The van der Waals surface area contributed by atoms with E-state index in [1.54, 1.807) is 12.1 Å². The van der Waals surface area contributed by atoms with E-state index in [0.717, 1.165) is 24.3 Å². The van der Waals surface area contributed by atoms with E-state index in [-0.39, 0.29) is 29.0 Å². The summed E-state index contributed by atoms with van der Waals surface area (Å²) in [5.74, 6) is -5.03. The van der Waals surface area contributed by atoms with Crippen LogP contribution in [0.4, 0.5) is 0 Å². The fourth-order valence-corrected chi connectivity index (χ4v) is 3.49. The van der Waals surface area contributed by atoms with Crippen LogP contribution in [-0.2, 0) is 11.2 Å². The summed E-state index contributed by atoms with van der Waals surface area (Å²) in [7, 11) is 0. The average Bonchev–Trinajstić information content (AvgIpc) is 2.75. The molecule has 166 valence electrons. The Morgan fingerprint density at radius 2 is 1.38 bits per heavy atom. The van der Waals surface area contributed by atoms with E-state index in [4.69, 9.17) is 9.47 Å². The van der Waals surface area contributed by atoms with E-state index in [9.17, 15) is 40.5 Å². The van der Waals surface area contributed by atoms with Gasteiger partial charge in [-0.05, 0) is 36.4 Å². The number of benzene rings is 3. The molecule has 2 atom stereocenters. The largest absolute Gasteiger partial charge is 0.508 e.